The first kappa shape index (κ1) is 79.4. The van der Waals surface area contributed by atoms with E-state index in [4.69, 9.17) is 4.74 Å². The summed E-state index contributed by atoms with van der Waals surface area (Å²) in [7, 11) is 4.35. The van der Waals surface area contributed by atoms with Crippen molar-refractivity contribution in [2.75, 3.05) is 79.7 Å². The van der Waals surface area contributed by atoms with E-state index in [1.807, 2.05) is 169 Å². The number of piperazine rings is 1. The highest BCUT2D eigenvalue weighted by Gasteiger charge is 2.07. The molecule has 0 radical (unpaired) electrons. The van der Waals surface area contributed by atoms with Crippen LogP contribution in [0, 0.1) is 0 Å². The van der Waals surface area contributed by atoms with E-state index < -0.39 is 0 Å². The highest BCUT2D eigenvalue weighted by atomic mass is 16.5. The maximum atomic E-state index is 5.07. The molecule has 57 heavy (non-hydrogen) atoms. The zero-order chi connectivity index (χ0) is 46.5. The number of hydrogen-bond donors (Lipinski definition) is 3. The third kappa shape index (κ3) is 107. The van der Waals surface area contributed by atoms with Gasteiger partial charge in [-0.1, -0.05) is 163 Å². The predicted octanol–water partition coefficient (Wildman–Crippen LogP) is 14.5. The van der Waals surface area contributed by atoms with Gasteiger partial charge >= 0.3 is 0 Å². The Kier molecular flexibility index (Phi) is 154. The standard InChI is InChI=1S/C6H14N2.C5H11N.C5H7N.C5H5N.C5H10O.C4H9N.10C2H6/c1-7-3-5-8(2)6-4-7;4*1-2-4-6-5-3-1;1-2-4-5-3-1;10*1-2/h3-6H2,1-2H3;6H,1-5H2;2-6H,1H2;1-5H;1-5H2;5H,1-4H2;10*1-2H3. The van der Waals surface area contributed by atoms with Gasteiger partial charge in [0.1, 0.15) is 0 Å². The molecule has 1 aromatic heterocycles. The van der Waals surface area contributed by atoms with Crippen LogP contribution in [0.5, 0.6) is 0 Å². The van der Waals surface area contributed by atoms with Crippen LogP contribution in [0.2, 0.25) is 0 Å². The molecule has 0 aromatic carbocycles. The Morgan fingerprint density at radius 2 is 0.702 bits per heavy atom. The molecule has 1 aromatic rings. The van der Waals surface area contributed by atoms with Crippen LogP contribution in [0.1, 0.15) is 196 Å². The van der Waals surface area contributed by atoms with E-state index >= 15 is 0 Å². The van der Waals surface area contributed by atoms with Crippen LogP contribution in [-0.2, 0) is 4.74 Å². The summed E-state index contributed by atoms with van der Waals surface area (Å²) in [4.78, 5) is 8.51. The predicted molar refractivity (Wildman–Crippen MR) is 272 cm³/mol. The molecule has 352 valence electrons. The summed E-state index contributed by atoms with van der Waals surface area (Å²) < 4.78 is 5.07. The largest absolute Gasteiger partial charge is 0.381 e. The van der Waals surface area contributed by atoms with Crippen molar-refractivity contribution < 1.29 is 4.74 Å². The minimum atomic E-state index is 1.00. The molecule has 0 bridgehead atoms. The Morgan fingerprint density at radius 1 is 0.404 bits per heavy atom. The summed E-state index contributed by atoms with van der Waals surface area (Å²) in [5, 5.41) is 9.43. The van der Waals surface area contributed by atoms with Crippen LogP contribution in [0.25, 0.3) is 0 Å². The summed E-state index contributed by atoms with van der Waals surface area (Å²) in [6.07, 6.45) is 23.5. The molecule has 7 heteroatoms. The Morgan fingerprint density at radius 3 is 0.825 bits per heavy atom. The topological polar surface area (TPSA) is 64.7 Å². The van der Waals surface area contributed by atoms with Gasteiger partial charge in [0.15, 0.2) is 0 Å². The second-order valence-corrected chi connectivity index (χ2v) is 9.78. The molecule has 6 rings (SSSR count). The smallest absolute Gasteiger partial charge is 0.0466 e. The molecule has 0 saturated carbocycles. The van der Waals surface area contributed by atoms with Crippen molar-refractivity contribution in [1.82, 2.24) is 30.7 Å². The van der Waals surface area contributed by atoms with E-state index in [9.17, 15) is 0 Å². The molecule has 0 amide bonds. The molecule has 4 fully saturated rings. The van der Waals surface area contributed by atoms with Crippen molar-refractivity contribution in [3.8, 4) is 0 Å². The first-order chi connectivity index (χ1) is 28.3. The second kappa shape index (κ2) is 111. The van der Waals surface area contributed by atoms with Crippen LogP contribution >= 0.6 is 0 Å². The van der Waals surface area contributed by atoms with Gasteiger partial charge in [-0.3, -0.25) is 4.98 Å². The maximum absolute atomic E-state index is 5.07. The average molecular weight is 818 g/mol. The highest BCUT2D eigenvalue weighted by molar-refractivity contribution is 4.99. The summed E-state index contributed by atoms with van der Waals surface area (Å²) in [5.41, 5.74) is 0. The molecule has 0 spiro atoms. The summed E-state index contributed by atoms with van der Waals surface area (Å²) in [6.45, 7) is 51.9. The van der Waals surface area contributed by atoms with Crippen LogP contribution in [-0.4, -0.2) is 94.5 Å². The summed E-state index contributed by atoms with van der Waals surface area (Å²) in [5.74, 6) is 0. The fourth-order valence-corrected chi connectivity index (χ4v) is 3.74. The number of rotatable bonds is 0. The van der Waals surface area contributed by atoms with Crippen LogP contribution in [0.4, 0.5) is 0 Å². The quantitative estimate of drug-likeness (QED) is 0.241. The lowest BCUT2D eigenvalue weighted by Gasteiger charge is -2.28. The Hall–Kier alpha value is -1.77. The number of nitrogens with zero attached hydrogens (tertiary/aromatic N) is 3. The number of aromatic nitrogens is 1. The van der Waals surface area contributed by atoms with Crippen molar-refractivity contribution in [1.29, 1.82) is 0 Å². The van der Waals surface area contributed by atoms with E-state index in [0.29, 0.717) is 0 Å². The highest BCUT2D eigenvalue weighted by Crippen LogP contribution is 2.02. The zero-order valence-corrected chi connectivity index (χ0v) is 43.9. The fraction of sp³-hybridized carbons (Fsp3) is 0.820. The van der Waals surface area contributed by atoms with E-state index in [-0.39, 0.29) is 0 Å². The van der Waals surface area contributed by atoms with Gasteiger partial charge in [0, 0.05) is 51.8 Å². The number of piperidine rings is 1. The van der Waals surface area contributed by atoms with Crippen molar-refractivity contribution in [3.05, 3.63) is 55.1 Å². The lowest BCUT2D eigenvalue weighted by molar-refractivity contribution is 0.0968. The molecule has 6 heterocycles. The molecule has 0 atom stereocenters. The Balaban J connectivity index is -0.0000000536. The fourth-order valence-electron chi connectivity index (χ4n) is 3.74. The zero-order valence-electron chi connectivity index (χ0n) is 43.9. The van der Waals surface area contributed by atoms with E-state index in [0.717, 1.165) is 19.6 Å². The van der Waals surface area contributed by atoms with Gasteiger partial charge in [0.25, 0.3) is 0 Å². The van der Waals surface area contributed by atoms with Crippen molar-refractivity contribution in [2.45, 2.75) is 196 Å². The van der Waals surface area contributed by atoms with Gasteiger partial charge in [-0.2, -0.15) is 0 Å². The Labute approximate surface area is 365 Å². The number of hydrogen-bond acceptors (Lipinski definition) is 7. The van der Waals surface area contributed by atoms with Gasteiger partial charge in [-0.05, 0) is 116 Å². The number of allylic oxidation sites excluding steroid dienone is 2. The summed E-state index contributed by atoms with van der Waals surface area (Å²) in [6, 6.07) is 5.72. The molecular formula is C50H116N6O. The van der Waals surface area contributed by atoms with Gasteiger partial charge < -0.3 is 30.5 Å². The molecule has 7 nitrogen and oxygen atoms in total. The molecule has 4 saturated heterocycles. The van der Waals surface area contributed by atoms with Gasteiger partial charge in [-0.25, -0.2) is 0 Å². The monoisotopic (exact) mass is 817 g/mol. The van der Waals surface area contributed by atoms with E-state index in [1.165, 1.54) is 104 Å². The van der Waals surface area contributed by atoms with E-state index in [1.54, 1.807) is 12.4 Å². The third-order valence-corrected chi connectivity index (χ3v) is 6.24. The van der Waals surface area contributed by atoms with Gasteiger partial charge in [-0.15, -0.1) is 0 Å². The SMILES string of the molecule is C1=CNC=CC1.C1CCNC1.C1CCNCC1.C1CCOCC1.CC.CC.CC.CC.CC.CC.CC.CC.CC.CC.CN1CCN(C)CC1.c1ccncc1. The van der Waals surface area contributed by atoms with Gasteiger partial charge in [0.05, 0.1) is 0 Å². The normalized spacial score (nSPS) is 14.6. The molecule has 5 aliphatic heterocycles. The van der Waals surface area contributed by atoms with Crippen molar-refractivity contribution >= 4 is 0 Å². The number of pyridine rings is 1. The first-order valence-electron chi connectivity index (χ1n) is 24.6. The lowest BCUT2D eigenvalue weighted by atomic mass is 10.2. The van der Waals surface area contributed by atoms with Crippen molar-refractivity contribution in [3.63, 3.8) is 0 Å². The molecule has 3 N–H and O–H groups in total. The molecule has 0 unspecified atom stereocenters. The summed E-state index contributed by atoms with van der Waals surface area (Å²) >= 11 is 0. The molecule has 0 aliphatic carbocycles. The van der Waals surface area contributed by atoms with Crippen molar-refractivity contribution in [2.24, 2.45) is 0 Å². The van der Waals surface area contributed by atoms with Crippen LogP contribution in [0.15, 0.2) is 55.1 Å². The number of nitrogens with one attached hydrogen (secondary N) is 3. The third-order valence-electron chi connectivity index (χ3n) is 6.24. The Bertz CT molecular complexity index is 513. The molecular weight excluding hydrogens is 701 g/mol. The first-order valence-corrected chi connectivity index (χ1v) is 24.6. The number of ether oxygens (including phenoxy) is 1. The minimum Gasteiger partial charge on any atom is -0.381 e. The van der Waals surface area contributed by atoms with E-state index in [2.05, 4.69) is 57.0 Å². The minimum absolute atomic E-state index is 1.00. The number of likely N-dealkylation sites (N-methyl/N-ethyl adjacent to an activating group) is 2. The average Bonchev–Trinajstić information content (AvgIpc) is 3.98. The second-order valence-electron chi connectivity index (χ2n) is 9.78. The van der Waals surface area contributed by atoms with Gasteiger partial charge in [0.2, 0.25) is 0 Å². The van der Waals surface area contributed by atoms with Crippen LogP contribution in [0.3, 0.4) is 0 Å². The maximum Gasteiger partial charge on any atom is 0.0466 e. The lowest BCUT2D eigenvalue weighted by Crippen LogP contribution is -2.42. The number of dihydropyridines is 1. The van der Waals surface area contributed by atoms with Crippen LogP contribution < -0.4 is 16.0 Å². The molecule has 5 aliphatic rings.